The maximum atomic E-state index is 12.2. The highest BCUT2D eigenvalue weighted by molar-refractivity contribution is 5.92. The average Bonchev–Trinajstić information content (AvgIpc) is 2.55. The van der Waals surface area contributed by atoms with Gasteiger partial charge in [0, 0.05) is 18.4 Å². The number of aryl methyl sites for hydroxylation is 3. The SMILES string of the molecule is Cc1cc(C)c(Nc2nccc(C(=O)NCCCN(C)C)n2)c(C)c1. The number of carbonyl (C=O) groups excluding carboxylic acids is 1. The van der Waals surface area contributed by atoms with Gasteiger partial charge in [-0.05, 0) is 65.0 Å². The van der Waals surface area contributed by atoms with Crippen LogP contribution < -0.4 is 10.6 Å². The molecule has 25 heavy (non-hydrogen) atoms. The second-order valence-corrected chi connectivity index (χ2v) is 6.58. The highest BCUT2D eigenvalue weighted by Crippen LogP contribution is 2.24. The van der Waals surface area contributed by atoms with Crippen LogP contribution >= 0.6 is 0 Å². The minimum absolute atomic E-state index is 0.179. The molecule has 1 amide bonds. The number of benzene rings is 1. The van der Waals surface area contributed by atoms with Gasteiger partial charge >= 0.3 is 0 Å². The molecule has 0 saturated carbocycles. The molecule has 134 valence electrons. The molecule has 0 radical (unpaired) electrons. The number of anilines is 2. The summed E-state index contributed by atoms with van der Waals surface area (Å²) >= 11 is 0. The predicted molar refractivity (Wildman–Crippen MR) is 101 cm³/mol. The number of nitrogens with zero attached hydrogens (tertiary/aromatic N) is 3. The van der Waals surface area contributed by atoms with Gasteiger partial charge in [0.15, 0.2) is 0 Å². The summed E-state index contributed by atoms with van der Waals surface area (Å²) in [6.45, 7) is 7.72. The van der Waals surface area contributed by atoms with Gasteiger partial charge in [-0.25, -0.2) is 9.97 Å². The number of hydrogen-bond donors (Lipinski definition) is 2. The first kappa shape index (κ1) is 18.9. The summed E-state index contributed by atoms with van der Waals surface area (Å²) in [7, 11) is 4.03. The molecule has 2 aromatic rings. The van der Waals surface area contributed by atoms with Crippen LogP contribution in [0.1, 0.15) is 33.6 Å². The van der Waals surface area contributed by atoms with Crippen molar-refractivity contribution in [1.82, 2.24) is 20.2 Å². The first-order valence-corrected chi connectivity index (χ1v) is 8.47. The zero-order valence-electron chi connectivity index (χ0n) is 15.7. The van der Waals surface area contributed by atoms with E-state index in [1.165, 1.54) is 5.56 Å². The van der Waals surface area contributed by atoms with Gasteiger partial charge in [-0.3, -0.25) is 4.79 Å². The third-order valence-corrected chi connectivity index (χ3v) is 3.87. The quantitative estimate of drug-likeness (QED) is 0.758. The fraction of sp³-hybridized carbons (Fsp3) is 0.421. The molecular weight excluding hydrogens is 314 g/mol. The van der Waals surface area contributed by atoms with Crippen molar-refractivity contribution in [3.8, 4) is 0 Å². The lowest BCUT2D eigenvalue weighted by Gasteiger charge is -2.13. The number of carbonyl (C=O) groups is 1. The Bertz CT molecular complexity index is 719. The first-order valence-electron chi connectivity index (χ1n) is 8.47. The van der Waals surface area contributed by atoms with Crippen molar-refractivity contribution in [2.24, 2.45) is 0 Å². The number of hydrogen-bond acceptors (Lipinski definition) is 5. The van der Waals surface area contributed by atoms with Crippen LogP contribution in [0.4, 0.5) is 11.6 Å². The minimum Gasteiger partial charge on any atom is -0.351 e. The van der Waals surface area contributed by atoms with Crippen molar-refractivity contribution in [2.45, 2.75) is 27.2 Å². The summed E-state index contributed by atoms with van der Waals surface area (Å²) in [6, 6.07) is 5.84. The van der Waals surface area contributed by atoms with E-state index in [9.17, 15) is 4.79 Å². The molecule has 0 bridgehead atoms. The number of aromatic nitrogens is 2. The van der Waals surface area contributed by atoms with Crippen LogP contribution in [-0.4, -0.2) is 48.0 Å². The van der Waals surface area contributed by atoms with Gasteiger partial charge in [0.1, 0.15) is 5.69 Å². The van der Waals surface area contributed by atoms with Crippen molar-refractivity contribution in [3.63, 3.8) is 0 Å². The molecule has 0 unspecified atom stereocenters. The van der Waals surface area contributed by atoms with E-state index in [-0.39, 0.29) is 5.91 Å². The Balaban J connectivity index is 2.05. The number of rotatable bonds is 7. The molecule has 0 aliphatic carbocycles. The van der Waals surface area contributed by atoms with Crippen LogP contribution in [0.2, 0.25) is 0 Å². The first-order chi connectivity index (χ1) is 11.9. The van der Waals surface area contributed by atoms with Crippen molar-refractivity contribution in [2.75, 3.05) is 32.5 Å². The van der Waals surface area contributed by atoms with Gasteiger partial charge in [-0.1, -0.05) is 17.7 Å². The minimum atomic E-state index is -0.179. The molecule has 2 rings (SSSR count). The maximum Gasteiger partial charge on any atom is 0.270 e. The number of amides is 1. The van der Waals surface area contributed by atoms with Crippen LogP contribution in [0.15, 0.2) is 24.4 Å². The zero-order valence-corrected chi connectivity index (χ0v) is 15.7. The highest BCUT2D eigenvalue weighted by atomic mass is 16.1. The zero-order chi connectivity index (χ0) is 18.4. The Hall–Kier alpha value is -2.47. The molecular formula is C19H27N5O. The van der Waals surface area contributed by atoms with E-state index in [0.717, 1.165) is 29.8 Å². The Labute approximate surface area is 149 Å². The lowest BCUT2D eigenvalue weighted by Crippen LogP contribution is -2.28. The van der Waals surface area contributed by atoms with Gasteiger partial charge in [-0.2, -0.15) is 0 Å². The monoisotopic (exact) mass is 341 g/mol. The fourth-order valence-electron chi connectivity index (χ4n) is 2.72. The third-order valence-electron chi connectivity index (χ3n) is 3.87. The van der Waals surface area contributed by atoms with Gasteiger partial charge < -0.3 is 15.5 Å². The largest absolute Gasteiger partial charge is 0.351 e. The maximum absolute atomic E-state index is 12.2. The molecule has 0 aliphatic rings. The Morgan fingerprint density at radius 1 is 1.16 bits per heavy atom. The van der Waals surface area contributed by atoms with Crippen LogP contribution in [0, 0.1) is 20.8 Å². The molecule has 1 aromatic heterocycles. The van der Waals surface area contributed by atoms with Crippen LogP contribution in [0.3, 0.4) is 0 Å². The van der Waals surface area contributed by atoms with E-state index in [4.69, 9.17) is 0 Å². The molecule has 6 nitrogen and oxygen atoms in total. The van der Waals surface area contributed by atoms with E-state index in [0.29, 0.717) is 18.2 Å². The normalized spacial score (nSPS) is 10.8. The second-order valence-electron chi connectivity index (χ2n) is 6.58. The molecule has 2 N–H and O–H groups in total. The lowest BCUT2D eigenvalue weighted by atomic mass is 10.1. The molecule has 0 fully saturated rings. The van der Waals surface area contributed by atoms with Gasteiger partial charge in [0.25, 0.3) is 5.91 Å². The van der Waals surface area contributed by atoms with Gasteiger partial charge in [-0.15, -0.1) is 0 Å². The van der Waals surface area contributed by atoms with Crippen molar-refractivity contribution in [1.29, 1.82) is 0 Å². The highest BCUT2D eigenvalue weighted by Gasteiger charge is 2.10. The van der Waals surface area contributed by atoms with Crippen molar-refractivity contribution >= 4 is 17.5 Å². The van der Waals surface area contributed by atoms with Gasteiger partial charge in [0.05, 0.1) is 0 Å². The standard InChI is InChI=1S/C19H27N5O/c1-13-11-14(2)17(15(3)12-13)23-19-21-9-7-16(22-19)18(25)20-8-6-10-24(4)5/h7,9,11-12H,6,8,10H2,1-5H3,(H,20,25)(H,21,22,23). The summed E-state index contributed by atoms with van der Waals surface area (Å²) in [4.78, 5) is 22.9. The Morgan fingerprint density at radius 2 is 1.84 bits per heavy atom. The molecule has 1 aromatic carbocycles. The van der Waals surface area contributed by atoms with Crippen LogP contribution in [-0.2, 0) is 0 Å². The Morgan fingerprint density at radius 3 is 2.48 bits per heavy atom. The topological polar surface area (TPSA) is 70.2 Å². The molecule has 0 atom stereocenters. The second kappa shape index (κ2) is 8.58. The van der Waals surface area contributed by atoms with E-state index < -0.39 is 0 Å². The van der Waals surface area contributed by atoms with E-state index in [2.05, 4.69) is 44.6 Å². The van der Waals surface area contributed by atoms with E-state index in [1.807, 2.05) is 27.9 Å². The summed E-state index contributed by atoms with van der Waals surface area (Å²) in [5.41, 5.74) is 4.81. The number of nitrogens with one attached hydrogen (secondary N) is 2. The van der Waals surface area contributed by atoms with Crippen molar-refractivity contribution < 1.29 is 4.79 Å². The summed E-state index contributed by atoms with van der Waals surface area (Å²) in [5.74, 6) is 0.248. The van der Waals surface area contributed by atoms with Crippen LogP contribution in [0.5, 0.6) is 0 Å². The average molecular weight is 341 g/mol. The van der Waals surface area contributed by atoms with Crippen molar-refractivity contribution in [3.05, 3.63) is 46.8 Å². The molecule has 0 aliphatic heterocycles. The third kappa shape index (κ3) is 5.53. The predicted octanol–water partition coefficient (Wildman–Crippen LogP) is 2.83. The van der Waals surface area contributed by atoms with Gasteiger partial charge in [0.2, 0.25) is 5.95 Å². The molecule has 1 heterocycles. The summed E-state index contributed by atoms with van der Waals surface area (Å²) < 4.78 is 0. The van der Waals surface area contributed by atoms with Crippen LogP contribution in [0.25, 0.3) is 0 Å². The lowest BCUT2D eigenvalue weighted by molar-refractivity contribution is 0.0947. The summed E-state index contributed by atoms with van der Waals surface area (Å²) in [5, 5.41) is 6.13. The molecule has 6 heteroatoms. The summed E-state index contributed by atoms with van der Waals surface area (Å²) in [6.07, 6.45) is 2.50. The van der Waals surface area contributed by atoms with E-state index in [1.54, 1.807) is 12.3 Å². The smallest absolute Gasteiger partial charge is 0.270 e. The molecule has 0 saturated heterocycles. The Kier molecular flexibility index (Phi) is 6.47. The van der Waals surface area contributed by atoms with E-state index >= 15 is 0 Å². The fourth-order valence-corrected chi connectivity index (χ4v) is 2.72. The molecule has 0 spiro atoms.